The van der Waals surface area contributed by atoms with Crippen molar-refractivity contribution in [3.05, 3.63) is 54.1 Å². The Morgan fingerprint density at radius 1 is 1.05 bits per heavy atom. The summed E-state index contributed by atoms with van der Waals surface area (Å²) >= 11 is 0. The van der Waals surface area contributed by atoms with Gasteiger partial charge >= 0.3 is 0 Å². The van der Waals surface area contributed by atoms with E-state index >= 15 is 0 Å². The van der Waals surface area contributed by atoms with Gasteiger partial charge in [-0.3, -0.25) is 4.79 Å². The minimum Gasteiger partial charge on any atom is -0.497 e. The molecule has 0 aliphatic carbocycles. The Hall–Kier alpha value is -2.49. The normalized spacial score (nSPS) is 20.6. The Bertz CT molecular complexity index is 655. The second kappa shape index (κ2) is 4.56. The molecule has 2 aromatic rings. The van der Waals surface area contributed by atoms with E-state index in [0.29, 0.717) is 5.75 Å². The fourth-order valence-corrected chi connectivity index (χ4v) is 2.41. The number of rotatable bonds is 2. The van der Waals surface area contributed by atoms with Crippen molar-refractivity contribution in [1.29, 1.82) is 0 Å². The van der Waals surface area contributed by atoms with Gasteiger partial charge in [0.05, 0.1) is 18.5 Å². The Morgan fingerprint density at radius 3 is 2.50 bits per heavy atom. The molecule has 1 amide bonds. The number of fused-ring (bicyclic) bond motifs is 1. The summed E-state index contributed by atoms with van der Waals surface area (Å²) in [6.07, 6.45) is 0. The number of anilines is 2. The first kappa shape index (κ1) is 12.5. The number of ether oxygens (including phenoxy) is 1. The number of carbonyl (C=O) groups excluding carboxylic acids is 1. The minimum absolute atomic E-state index is 0.0792. The lowest BCUT2D eigenvalue weighted by atomic mass is 9.88. The molecule has 0 saturated carbocycles. The molecule has 3 rings (SSSR count). The van der Waals surface area contributed by atoms with Crippen molar-refractivity contribution in [2.24, 2.45) is 0 Å². The van der Waals surface area contributed by atoms with Gasteiger partial charge in [0.2, 0.25) is 0 Å². The first-order chi connectivity index (χ1) is 9.63. The molecule has 0 bridgehead atoms. The van der Waals surface area contributed by atoms with Gasteiger partial charge in [0.15, 0.2) is 0 Å². The summed E-state index contributed by atoms with van der Waals surface area (Å²) in [6, 6.07) is 15.3. The lowest BCUT2D eigenvalue weighted by molar-refractivity contribution is -0.120. The van der Waals surface area contributed by atoms with Gasteiger partial charge in [0.1, 0.15) is 11.3 Å². The van der Waals surface area contributed by atoms with Crippen LogP contribution in [0.25, 0.3) is 0 Å². The molecule has 0 radical (unpaired) electrons. The van der Waals surface area contributed by atoms with E-state index in [1.807, 2.05) is 55.5 Å². The predicted molar refractivity (Wildman–Crippen MR) is 79.0 cm³/mol. The van der Waals surface area contributed by atoms with Crippen LogP contribution in [0, 0.1) is 0 Å². The number of benzene rings is 2. The number of hydrogen-bond donors (Lipinski definition) is 2. The number of nitrogens with one attached hydrogen (secondary N) is 2. The second-order valence-corrected chi connectivity index (χ2v) is 4.98. The van der Waals surface area contributed by atoms with Gasteiger partial charge in [-0.05, 0) is 24.6 Å². The van der Waals surface area contributed by atoms with E-state index < -0.39 is 5.54 Å². The molecule has 102 valence electrons. The molecule has 0 saturated heterocycles. The molecule has 1 heterocycles. The monoisotopic (exact) mass is 268 g/mol. The zero-order valence-electron chi connectivity index (χ0n) is 11.4. The maximum absolute atomic E-state index is 12.5. The second-order valence-electron chi connectivity index (χ2n) is 4.98. The van der Waals surface area contributed by atoms with Gasteiger partial charge in [-0.1, -0.05) is 30.3 Å². The van der Waals surface area contributed by atoms with E-state index in [4.69, 9.17) is 4.74 Å². The van der Waals surface area contributed by atoms with E-state index in [-0.39, 0.29) is 5.91 Å². The third-order valence-corrected chi connectivity index (χ3v) is 3.66. The van der Waals surface area contributed by atoms with Crippen LogP contribution in [-0.2, 0) is 10.3 Å². The van der Waals surface area contributed by atoms with E-state index in [2.05, 4.69) is 10.6 Å². The molecule has 0 fully saturated rings. The van der Waals surface area contributed by atoms with E-state index in [9.17, 15) is 4.79 Å². The number of methoxy groups -OCH3 is 1. The summed E-state index contributed by atoms with van der Waals surface area (Å²) < 4.78 is 5.17. The van der Waals surface area contributed by atoms with E-state index in [0.717, 1.165) is 16.9 Å². The summed E-state index contributed by atoms with van der Waals surface area (Å²) in [5.41, 5.74) is 1.78. The minimum atomic E-state index is -0.775. The SMILES string of the molecule is COc1ccc2c(c1)NC(=O)C(C)(c1ccccc1)N2. The van der Waals surface area contributed by atoms with Crippen LogP contribution >= 0.6 is 0 Å². The van der Waals surface area contributed by atoms with Crippen LogP contribution in [0.4, 0.5) is 11.4 Å². The van der Waals surface area contributed by atoms with E-state index in [1.165, 1.54) is 0 Å². The number of amides is 1. The molecular formula is C16H16N2O2. The molecule has 4 heteroatoms. The number of carbonyl (C=O) groups is 1. The van der Waals surface area contributed by atoms with Crippen molar-refractivity contribution in [2.45, 2.75) is 12.5 Å². The summed E-state index contributed by atoms with van der Waals surface area (Å²) in [7, 11) is 1.61. The van der Waals surface area contributed by atoms with Gasteiger partial charge in [-0.2, -0.15) is 0 Å². The smallest absolute Gasteiger partial charge is 0.254 e. The fraction of sp³-hybridized carbons (Fsp3) is 0.188. The average molecular weight is 268 g/mol. The molecule has 1 aliphatic rings. The van der Waals surface area contributed by atoms with Crippen LogP contribution in [0.2, 0.25) is 0 Å². The molecule has 2 aromatic carbocycles. The van der Waals surface area contributed by atoms with Crippen LogP contribution < -0.4 is 15.4 Å². The first-order valence-electron chi connectivity index (χ1n) is 6.47. The third kappa shape index (κ3) is 1.90. The lowest BCUT2D eigenvalue weighted by Gasteiger charge is -2.36. The third-order valence-electron chi connectivity index (χ3n) is 3.66. The van der Waals surface area contributed by atoms with Gasteiger partial charge < -0.3 is 15.4 Å². The topological polar surface area (TPSA) is 50.4 Å². The maximum atomic E-state index is 12.5. The highest BCUT2D eigenvalue weighted by atomic mass is 16.5. The summed E-state index contributed by atoms with van der Waals surface area (Å²) in [6.45, 7) is 1.88. The molecule has 4 nitrogen and oxygen atoms in total. The Labute approximate surface area is 117 Å². The molecule has 1 aliphatic heterocycles. The zero-order valence-corrected chi connectivity index (χ0v) is 11.4. The van der Waals surface area contributed by atoms with Crippen molar-refractivity contribution in [3.8, 4) is 5.75 Å². The van der Waals surface area contributed by atoms with Gasteiger partial charge in [0, 0.05) is 6.07 Å². The fourth-order valence-electron chi connectivity index (χ4n) is 2.41. The lowest BCUT2D eigenvalue weighted by Crippen LogP contribution is -2.47. The first-order valence-corrected chi connectivity index (χ1v) is 6.47. The van der Waals surface area contributed by atoms with Crippen molar-refractivity contribution >= 4 is 17.3 Å². The van der Waals surface area contributed by atoms with Crippen LogP contribution in [0.5, 0.6) is 5.75 Å². The zero-order chi connectivity index (χ0) is 14.2. The van der Waals surface area contributed by atoms with Gasteiger partial charge in [0.25, 0.3) is 5.91 Å². The highest BCUT2D eigenvalue weighted by Gasteiger charge is 2.39. The quantitative estimate of drug-likeness (QED) is 0.880. The molecule has 20 heavy (non-hydrogen) atoms. The average Bonchev–Trinajstić information content (AvgIpc) is 2.49. The Kier molecular flexibility index (Phi) is 2.86. The standard InChI is InChI=1S/C16H16N2O2/c1-16(11-6-4-3-5-7-11)15(19)17-14-10-12(20-2)8-9-13(14)18-16/h3-10,18H,1-2H3,(H,17,19). The summed E-state index contributed by atoms with van der Waals surface area (Å²) in [5.74, 6) is 0.638. The van der Waals surface area contributed by atoms with Gasteiger partial charge in [-0.25, -0.2) is 0 Å². The van der Waals surface area contributed by atoms with E-state index in [1.54, 1.807) is 7.11 Å². The van der Waals surface area contributed by atoms with Crippen molar-refractivity contribution in [1.82, 2.24) is 0 Å². The molecule has 2 N–H and O–H groups in total. The summed E-state index contributed by atoms with van der Waals surface area (Å²) in [5, 5.41) is 6.27. The highest BCUT2D eigenvalue weighted by molar-refractivity contribution is 6.06. The van der Waals surface area contributed by atoms with Crippen LogP contribution in [0.1, 0.15) is 12.5 Å². The largest absolute Gasteiger partial charge is 0.497 e. The molecule has 0 aromatic heterocycles. The predicted octanol–water partition coefficient (Wildman–Crippen LogP) is 2.97. The Morgan fingerprint density at radius 2 is 1.80 bits per heavy atom. The molecule has 1 unspecified atom stereocenters. The van der Waals surface area contributed by atoms with Crippen molar-refractivity contribution in [2.75, 3.05) is 17.7 Å². The van der Waals surface area contributed by atoms with Gasteiger partial charge in [-0.15, -0.1) is 0 Å². The van der Waals surface area contributed by atoms with Crippen molar-refractivity contribution in [3.63, 3.8) is 0 Å². The molecule has 0 spiro atoms. The maximum Gasteiger partial charge on any atom is 0.254 e. The summed E-state index contributed by atoms with van der Waals surface area (Å²) in [4.78, 5) is 12.5. The Balaban J connectivity index is 2.03. The highest BCUT2D eigenvalue weighted by Crippen LogP contribution is 2.37. The molecular weight excluding hydrogens is 252 g/mol. The van der Waals surface area contributed by atoms with Crippen LogP contribution in [0.3, 0.4) is 0 Å². The van der Waals surface area contributed by atoms with Crippen molar-refractivity contribution < 1.29 is 9.53 Å². The molecule has 1 atom stereocenters. The van der Waals surface area contributed by atoms with Crippen LogP contribution in [-0.4, -0.2) is 13.0 Å². The van der Waals surface area contributed by atoms with Crippen LogP contribution in [0.15, 0.2) is 48.5 Å². The number of hydrogen-bond acceptors (Lipinski definition) is 3.